The van der Waals surface area contributed by atoms with Crippen LogP contribution in [0.1, 0.15) is 12.0 Å². The van der Waals surface area contributed by atoms with Gasteiger partial charge in [0.15, 0.2) is 0 Å². The molecule has 1 amide bonds. The standard InChI is InChI=1S/C16H11F3N2OS/c17-16(18,19)10-6-7-12-13(8-10)21(11-4-2-1-3-5-11)15(22)9-14(23)20-12/h1-8H,9H2,(H,20,23). The van der Waals surface area contributed by atoms with Crippen molar-refractivity contribution >= 4 is 40.2 Å². The molecule has 0 radical (unpaired) electrons. The van der Waals surface area contributed by atoms with Crippen molar-refractivity contribution in [3.05, 3.63) is 54.1 Å². The van der Waals surface area contributed by atoms with Crippen LogP contribution in [0.5, 0.6) is 0 Å². The number of alkyl halides is 3. The van der Waals surface area contributed by atoms with Crippen molar-refractivity contribution in [1.29, 1.82) is 0 Å². The number of thiocarbonyl (C=S) groups is 1. The van der Waals surface area contributed by atoms with Gasteiger partial charge in [-0.3, -0.25) is 9.69 Å². The second-order valence-corrected chi connectivity index (χ2v) is 5.51. The van der Waals surface area contributed by atoms with Crippen LogP contribution >= 0.6 is 12.2 Å². The first-order valence-corrected chi connectivity index (χ1v) is 7.16. The van der Waals surface area contributed by atoms with Crippen LogP contribution in [0.2, 0.25) is 0 Å². The monoisotopic (exact) mass is 336 g/mol. The highest BCUT2D eigenvalue weighted by Crippen LogP contribution is 2.39. The van der Waals surface area contributed by atoms with Gasteiger partial charge in [0.05, 0.1) is 28.3 Å². The Balaban J connectivity index is 2.20. The van der Waals surface area contributed by atoms with E-state index in [4.69, 9.17) is 12.2 Å². The van der Waals surface area contributed by atoms with E-state index in [-0.39, 0.29) is 23.0 Å². The van der Waals surface area contributed by atoms with E-state index in [0.717, 1.165) is 12.1 Å². The summed E-state index contributed by atoms with van der Waals surface area (Å²) in [4.78, 5) is 14.0. The second-order valence-electron chi connectivity index (χ2n) is 5.02. The number of amides is 1. The summed E-state index contributed by atoms with van der Waals surface area (Å²) in [5.41, 5.74) is 0.178. The highest BCUT2D eigenvalue weighted by atomic mass is 32.1. The van der Waals surface area contributed by atoms with Crippen LogP contribution < -0.4 is 10.2 Å². The lowest BCUT2D eigenvalue weighted by Crippen LogP contribution is -2.26. The molecular weight excluding hydrogens is 325 g/mol. The highest BCUT2D eigenvalue weighted by Gasteiger charge is 2.33. The average molecular weight is 336 g/mol. The number of rotatable bonds is 1. The Morgan fingerprint density at radius 1 is 1.09 bits per heavy atom. The second kappa shape index (κ2) is 5.66. The zero-order valence-electron chi connectivity index (χ0n) is 11.7. The van der Waals surface area contributed by atoms with Gasteiger partial charge in [0.2, 0.25) is 5.91 Å². The number of anilines is 3. The van der Waals surface area contributed by atoms with E-state index in [9.17, 15) is 18.0 Å². The van der Waals surface area contributed by atoms with Crippen LogP contribution in [-0.2, 0) is 11.0 Å². The topological polar surface area (TPSA) is 32.3 Å². The van der Waals surface area contributed by atoms with Crippen LogP contribution in [0.4, 0.5) is 30.2 Å². The Kier molecular flexibility index (Phi) is 3.81. The van der Waals surface area contributed by atoms with E-state index in [1.807, 2.05) is 0 Å². The summed E-state index contributed by atoms with van der Waals surface area (Å²) < 4.78 is 39.0. The lowest BCUT2D eigenvalue weighted by Gasteiger charge is -2.23. The predicted molar refractivity (Wildman–Crippen MR) is 85.9 cm³/mol. The molecule has 0 saturated carbocycles. The zero-order chi connectivity index (χ0) is 16.6. The molecule has 7 heteroatoms. The minimum absolute atomic E-state index is 0.0692. The average Bonchev–Trinajstić information content (AvgIpc) is 2.61. The lowest BCUT2D eigenvalue weighted by molar-refractivity contribution is -0.137. The molecule has 0 aromatic heterocycles. The lowest BCUT2D eigenvalue weighted by atomic mass is 10.1. The van der Waals surface area contributed by atoms with Gasteiger partial charge >= 0.3 is 6.18 Å². The molecule has 0 bridgehead atoms. The molecule has 0 atom stereocenters. The predicted octanol–water partition coefficient (Wildman–Crippen LogP) is 4.51. The number of hydrogen-bond donors (Lipinski definition) is 1. The van der Waals surface area contributed by atoms with E-state index in [1.54, 1.807) is 30.3 Å². The number of nitrogens with one attached hydrogen (secondary N) is 1. The molecule has 3 rings (SSSR count). The SMILES string of the molecule is O=C1CC(=S)Nc2ccc(C(F)(F)F)cc2N1c1ccccc1. The smallest absolute Gasteiger partial charge is 0.348 e. The normalized spacial score (nSPS) is 15.0. The van der Waals surface area contributed by atoms with Gasteiger partial charge in [-0.15, -0.1) is 0 Å². The van der Waals surface area contributed by atoms with Gasteiger partial charge in [-0.05, 0) is 30.3 Å². The molecule has 0 saturated heterocycles. The van der Waals surface area contributed by atoms with Crippen molar-refractivity contribution in [2.45, 2.75) is 12.6 Å². The van der Waals surface area contributed by atoms with Crippen LogP contribution in [0.3, 0.4) is 0 Å². The number of hydrogen-bond acceptors (Lipinski definition) is 2. The number of fused-ring (bicyclic) bond motifs is 1. The number of carbonyl (C=O) groups is 1. The number of halogens is 3. The van der Waals surface area contributed by atoms with Crippen molar-refractivity contribution in [3.8, 4) is 0 Å². The zero-order valence-corrected chi connectivity index (χ0v) is 12.5. The van der Waals surface area contributed by atoms with Gasteiger partial charge in [-0.1, -0.05) is 30.4 Å². The maximum atomic E-state index is 13.0. The van der Waals surface area contributed by atoms with Gasteiger partial charge in [-0.25, -0.2) is 0 Å². The number of nitrogens with zero attached hydrogens (tertiary/aromatic N) is 1. The fourth-order valence-electron chi connectivity index (χ4n) is 2.40. The first-order chi connectivity index (χ1) is 10.9. The first kappa shape index (κ1) is 15.5. The van der Waals surface area contributed by atoms with Crippen molar-refractivity contribution < 1.29 is 18.0 Å². The number of para-hydroxylation sites is 1. The molecule has 118 valence electrons. The van der Waals surface area contributed by atoms with Gasteiger partial charge in [0.1, 0.15) is 0 Å². The molecule has 0 spiro atoms. The maximum absolute atomic E-state index is 13.0. The van der Waals surface area contributed by atoms with Crippen LogP contribution in [-0.4, -0.2) is 10.9 Å². The summed E-state index contributed by atoms with van der Waals surface area (Å²) in [7, 11) is 0. The van der Waals surface area contributed by atoms with Crippen LogP contribution in [0.25, 0.3) is 0 Å². The molecule has 1 N–H and O–H groups in total. The molecule has 0 aliphatic carbocycles. The van der Waals surface area contributed by atoms with Crippen molar-refractivity contribution in [1.82, 2.24) is 0 Å². The molecule has 0 unspecified atom stereocenters. The summed E-state index contributed by atoms with van der Waals surface area (Å²) in [6.45, 7) is 0. The third kappa shape index (κ3) is 3.05. The molecule has 1 heterocycles. The third-order valence-corrected chi connectivity index (χ3v) is 3.66. The fraction of sp³-hybridized carbons (Fsp3) is 0.125. The Labute approximate surface area is 135 Å². The van der Waals surface area contributed by atoms with Gasteiger partial charge < -0.3 is 5.32 Å². The van der Waals surface area contributed by atoms with Crippen LogP contribution in [0.15, 0.2) is 48.5 Å². The molecule has 1 aliphatic rings. The number of benzene rings is 2. The summed E-state index contributed by atoms with van der Waals surface area (Å²) in [5.74, 6) is -0.383. The fourth-order valence-corrected chi connectivity index (χ4v) is 2.64. The van der Waals surface area contributed by atoms with E-state index in [0.29, 0.717) is 11.4 Å². The van der Waals surface area contributed by atoms with Crippen molar-refractivity contribution in [2.75, 3.05) is 10.2 Å². The molecular formula is C16H11F3N2OS. The summed E-state index contributed by atoms with van der Waals surface area (Å²) in [6.07, 6.45) is -4.56. The van der Waals surface area contributed by atoms with E-state index in [1.165, 1.54) is 11.0 Å². The van der Waals surface area contributed by atoms with E-state index in [2.05, 4.69) is 5.32 Å². The van der Waals surface area contributed by atoms with E-state index < -0.39 is 11.7 Å². The summed E-state index contributed by atoms with van der Waals surface area (Å²) in [6, 6.07) is 11.7. The molecule has 23 heavy (non-hydrogen) atoms. The quantitative estimate of drug-likeness (QED) is 0.778. The van der Waals surface area contributed by atoms with Crippen molar-refractivity contribution in [3.63, 3.8) is 0 Å². The third-order valence-electron chi connectivity index (χ3n) is 3.42. The van der Waals surface area contributed by atoms with Gasteiger partial charge in [-0.2, -0.15) is 13.2 Å². The highest BCUT2D eigenvalue weighted by molar-refractivity contribution is 7.80. The molecule has 2 aromatic carbocycles. The molecule has 3 nitrogen and oxygen atoms in total. The molecule has 1 aliphatic heterocycles. The Morgan fingerprint density at radius 2 is 1.78 bits per heavy atom. The Hall–Kier alpha value is -2.41. The van der Waals surface area contributed by atoms with Crippen molar-refractivity contribution in [2.24, 2.45) is 0 Å². The van der Waals surface area contributed by atoms with E-state index >= 15 is 0 Å². The maximum Gasteiger partial charge on any atom is 0.416 e. The summed E-state index contributed by atoms with van der Waals surface area (Å²) in [5, 5.41) is 2.83. The largest absolute Gasteiger partial charge is 0.416 e. The van der Waals surface area contributed by atoms with Crippen LogP contribution in [0, 0.1) is 0 Å². The minimum atomic E-state index is -4.49. The summed E-state index contributed by atoms with van der Waals surface area (Å²) >= 11 is 5.07. The Morgan fingerprint density at radius 3 is 2.43 bits per heavy atom. The van der Waals surface area contributed by atoms with Gasteiger partial charge in [0, 0.05) is 5.69 Å². The first-order valence-electron chi connectivity index (χ1n) is 6.75. The molecule has 2 aromatic rings. The molecule has 0 fully saturated rings. The van der Waals surface area contributed by atoms with Gasteiger partial charge in [0.25, 0.3) is 0 Å². The minimum Gasteiger partial charge on any atom is -0.348 e. The number of carbonyl (C=O) groups excluding carboxylic acids is 1. The Bertz CT molecular complexity index is 775.